The molecule has 0 bridgehead atoms. The van der Waals surface area contributed by atoms with Gasteiger partial charge in [-0.25, -0.2) is 16.8 Å². The van der Waals surface area contributed by atoms with E-state index in [2.05, 4.69) is 10.6 Å². The first-order valence-electron chi connectivity index (χ1n) is 14.7. The Hall–Kier alpha value is -2.42. The Morgan fingerprint density at radius 1 is 1.00 bits per heavy atom. The van der Waals surface area contributed by atoms with Crippen LogP contribution in [0.25, 0.3) is 27.4 Å². The van der Waals surface area contributed by atoms with Crippen molar-refractivity contribution in [2.45, 2.75) is 39.7 Å². The monoisotopic (exact) mass is 717 g/mol. The molecule has 1 aliphatic rings. The standard InChI is InChI=1S/C33H33N3O7S3.K/c1-3-24(19-33-36(13-7-8-15-45(37,38)39)29-17-23(2)27(22-34)21-31(29)44-33)18-32-35(14-16-46(40,41)42)28-20-26(11-12-30(28)43-32)25-9-5-4-6-10-25;/h4-6,9-12,17-21H,3,7-8,13-16H2,1-2H3,(H-,37,38,39,40,41,42);/q;+1/p-1. The maximum atomic E-state index is 11.6. The van der Waals surface area contributed by atoms with Gasteiger partial charge in [0, 0.05) is 36.9 Å². The van der Waals surface area contributed by atoms with E-state index in [1.165, 1.54) is 11.3 Å². The first-order chi connectivity index (χ1) is 21.8. The molecule has 0 fully saturated rings. The van der Waals surface area contributed by atoms with Crippen LogP contribution < -0.4 is 65.6 Å². The Kier molecular flexibility index (Phi) is 12.6. The van der Waals surface area contributed by atoms with E-state index in [0.29, 0.717) is 42.3 Å². The Balaban J connectivity index is 0.00000500. The first-order valence-corrected chi connectivity index (χ1v) is 18.6. The summed E-state index contributed by atoms with van der Waals surface area (Å²) in [6, 6.07) is 21.4. The van der Waals surface area contributed by atoms with Crippen molar-refractivity contribution in [3.05, 3.63) is 94.3 Å². The van der Waals surface area contributed by atoms with Gasteiger partial charge in [0.05, 0.1) is 43.3 Å². The largest absolute Gasteiger partial charge is 1.00 e. The number of hydrogen-bond donors (Lipinski definition) is 0. The topological polar surface area (TPSA) is 155 Å². The second-order valence-electron chi connectivity index (χ2n) is 10.9. The zero-order valence-corrected chi connectivity index (χ0v) is 31.9. The summed E-state index contributed by atoms with van der Waals surface area (Å²) >= 11 is 1.48. The van der Waals surface area contributed by atoms with Crippen molar-refractivity contribution >= 4 is 53.6 Å². The van der Waals surface area contributed by atoms with Gasteiger partial charge in [0.2, 0.25) is 11.4 Å². The van der Waals surface area contributed by atoms with Crippen LogP contribution in [0.1, 0.15) is 42.3 Å². The van der Waals surface area contributed by atoms with Gasteiger partial charge in [-0.2, -0.15) is 9.83 Å². The number of hydrogen-bond acceptors (Lipinski definition) is 10. The molecule has 4 aromatic rings. The zero-order valence-electron chi connectivity index (χ0n) is 26.3. The molecule has 0 unspecified atom stereocenters. The molecule has 10 nitrogen and oxygen atoms in total. The molecule has 0 amide bonds. The van der Waals surface area contributed by atoms with Crippen molar-refractivity contribution in [1.82, 2.24) is 0 Å². The van der Waals surface area contributed by atoms with Gasteiger partial charge in [-0.3, -0.25) is 0 Å². The second-order valence-corrected chi connectivity index (χ2v) is 15.0. The zero-order chi connectivity index (χ0) is 33.1. The molecular formula is C33H32KN3O7S3. The summed E-state index contributed by atoms with van der Waals surface area (Å²) in [6.45, 7) is 4.19. The Morgan fingerprint density at radius 3 is 2.38 bits per heavy atom. The van der Waals surface area contributed by atoms with Crippen LogP contribution >= 0.6 is 11.3 Å². The summed E-state index contributed by atoms with van der Waals surface area (Å²) in [5.74, 6) is -0.129. The Bertz CT molecular complexity index is 2100. The van der Waals surface area contributed by atoms with Gasteiger partial charge in [-0.15, -0.1) is 0 Å². The normalized spacial score (nSPS) is 14.1. The number of fused-ring (bicyclic) bond motifs is 2. The van der Waals surface area contributed by atoms with Gasteiger partial charge >= 0.3 is 51.4 Å². The minimum Gasteiger partial charge on any atom is -0.748 e. The fraction of sp³-hybridized carbons (Fsp3) is 0.273. The third-order valence-corrected chi connectivity index (χ3v) is 10.2. The Labute approximate surface area is 321 Å². The van der Waals surface area contributed by atoms with Gasteiger partial charge in [-0.05, 0) is 60.2 Å². The van der Waals surface area contributed by atoms with Crippen molar-refractivity contribution in [2.75, 3.05) is 23.0 Å². The van der Waals surface area contributed by atoms with E-state index in [1.54, 1.807) is 4.90 Å². The molecule has 0 spiro atoms. The van der Waals surface area contributed by atoms with Crippen molar-refractivity contribution < 1.29 is 86.6 Å². The third-order valence-electron chi connectivity index (χ3n) is 7.65. The summed E-state index contributed by atoms with van der Waals surface area (Å²) in [4.78, 5) is 1.70. The van der Waals surface area contributed by atoms with Crippen LogP contribution in [0.5, 0.6) is 5.75 Å². The van der Waals surface area contributed by atoms with Crippen LogP contribution in [-0.4, -0.2) is 44.0 Å². The maximum absolute atomic E-state index is 11.6. The average Bonchev–Trinajstić information content (AvgIpc) is 3.52. The molecule has 0 saturated carbocycles. The molecule has 2 heterocycles. The molecule has 240 valence electrons. The molecule has 5 rings (SSSR count). The summed E-state index contributed by atoms with van der Waals surface area (Å²) in [7, 11) is -8.82. The van der Waals surface area contributed by atoms with E-state index >= 15 is 0 Å². The maximum Gasteiger partial charge on any atom is 1.00 e. The number of thiazole rings is 1. The van der Waals surface area contributed by atoms with Gasteiger partial charge in [0.25, 0.3) is 5.01 Å². The van der Waals surface area contributed by atoms with Crippen molar-refractivity contribution in [3.8, 4) is 22.9 Å². The van der Waals surface area contributed by atoms with Crippen LogP contribution in [0.3, 0.4) is 0 Å². The van der Waals surface area contributed by atoms with E-state index in [0.717, 1.165) is 37.5 Å². The molecule has 47 heavy (non-hydrogen) atoms. The number of allylic oxidation sites excluding steroid dienone is 2. The summed E-state index contributed by atoms with van der Waals surface area (Å²) in [5.41, 5.74) is 5.65. The van der Waals surface area contributed by atoms with Crippen molar-refractivity contribution in [3.63, 3.8) is 0 Å². The van der Waals surface area contributed by atoms with Gasteiger partial charge < -0.3 is 18.7 Å². The average molecular weight is 718 g/mol. The molecule has 0 aliphatic carbocycles. The predicted molar refractivity (Wildman–Crippen MR) is 176 cm³/mol. The fourth-order valence-corrected chi connectivity index (χ4v) is 7.42. The van der Waals surface area contributed by atoms with Crippen LogP contribution in [0.15, 0.2) is 78.2 Å². The predicted octanol–water partition coefficient (Wildman–Crippen LogP) is 2.44. The minimum absolute atomic E-state index is 0. The SMILES string of the molecule is CCC(/C=C1\Oc2ccc(-c3ccccc3)cc2N1CCS(=O)(=O)[O-])=C\c1sc2cc(C#N)c(C)cc2[n+]1CCCCS(=O)(=O)[O-].[K+]. The molecule has 0 N–H and O–H groups in total. The Morgan fingerprint density at radius 2 is 1.72 bits per heavy atom. The molecule has 0 saturated heterocycles. The number of ether oxygens (including phenoxy) is 1. The fourth-order valence-electron chi connectivity index (χ4n) is 5.27. The van der Waals surface area contributed by atoms with E-state index in [4.69, 9.17) is 4.74 Å². The van der Waals surface area contributed by atoms with E-state index < -0.39 is 31.7 Å². The van der Waals surface area contributed by atoms with Gasteiger partial charge in [0.15, 0.2) is 12.3 Å². The van der Waals surface area contributed by atoms with E-state index in [-0.39, 0.29) is 64.4 Å². The number of nitrogens with zero attached hydrogens (tertiary/aromatic N) is 3. The van der Waals surface area contributed by atoms with Crippen LogP contribution in [-0.2, 0) is 26.8 Å². The quantitative estimate of drug-likeness (QED) is 0.0931. The molecule has 3 aromatic carbocycles. The molecule has 14 heteroatoms. The second kappa shape index (κ2) is 15.9. The van der Waals surface area contributed by atoms with Gasteiger partial charge in [0.1, 0.15) is 4.70 Å². The van der Waals surface area contributed by atoms with Crippen LogP contribution in [0.2, 0.25) is 0 Å². The van der Waals surface area contributed by atoms with E-state index in [9.17, 15) is 31.2 Å². The molecule has 1 aromatic heterocycles. The van der Waals surface area contributed by atoms with Crippen LogP contribution in [0.4, 0.5) is 5.69 Å². The number of benzene rings is 3. The van der Waals surface area contributed by atoms with Crippen molar-refractivity contribution in [2.24, 2.45) is 0 Å². The smallest absolute Gasteiger partial charge is 0.748 e. The van der Waals surface area contributed by atoms with Crippen molar-refractivity contribution in [1.29, 1.82) is 5.26 Å². The number of aryl methyl sites for hydroxylation is 2. The number of anilines is 1. The number of rotatable bonds is 12. The number of nitriles is 1. The van der Waals surface area contributed by atoms with Crippen LogP contribution in [0, 0.1) is 18.3 Å². The van der Waals surface area contributed by atoms with Gasteiger partial charge in [-0.1, -0.05) is 54.7 Å². The summed E-state index contributed by atoms with van der Waals surface area (Å²) in [5, 5.41) is 10.4. The minimum atomic E-state index is -4.50. The number of unbranched alkanes of at least 4 members (excludes halogenated alkanes) is 1. The number of aromatic nitrogens is 1. The molecule has 0 atom stereocenters. The van der Waals surface area contributed by atoms with E-state index in [1.807, 2.05) is 86.7 Å². The molecule has 0 radical (unpaired) electrons. The summed E-state index contributed by atoms with van der Waals surface area (Å²) < 4.78 is 77.6. The first kappa shape index (κ1) is 37.4. The summed E-state index contributed by atoms with van der Waals surface area (Å²) in [6.07, 6.45) is 5.06. The molecular weight excluding hydrogens is 686 g/mol. The third kappa shape index (κ3) is 9.60. The molecule has 1 aliphatic heterocycles.